The number of nitrogens with one attached hydrogen (secondary N) is 1. The van der Waals surface area contributed by atoms with Crippen LogP contribution in [-0.2, 0) is 4.74 Å². The topological polar surface area (TPSA) is 39.7 Å². The number of anilines is 1. The van der Waals surface area contributed by atoms with Crippen LogP contribution in [-0.4, -0.2) is 34.0 Å². The molecule has 0 amide bonds. The van der Waals surface area contributed by atoms with Gasteiger partial charge in [0.1, 0.15) is 0 Å². The number of benzene rings is 1. The molecule has 0 aliphatic carbocycles. The Kier molecular flexibility index (Phi) is 4.92. The van der Waals surface area contributed by atoms with E-state index < -0.39 is 0 Å². The van der Waals surface area contributed by atoms with E-state index in [1.165, 1.54) is 0 Å². The predicted octanol–water partition coefficient (Wildman–Crippen LogP) is 2.15. The van der Waals surface area contributed by atoms with Crippen LogP contribution in [0.3, 0.4) is 0 Å². The molecule has 0 bridgehead atoms. The van der Waals surface area contributed by atoms with E-state index in [0.717, 1.165) is 23.7 Å². The summed E-state index contributed by atoms with van der Waals surface area (Å²) in [6.07, 6.45) is 0.174. The minimum Gasteiger partial charge on any atom is -0.493 e. The molecule has 0 heterocycles. The van der Waals surface area contributed by atoms with Gasteiger partial charge in [0.05, 0.1) is 20.3 Å². The average Bonchev–Trinajstić information content (AvgIpc) is 2.35. The van der Waals surface area contributed by atoms with Crippen molar-refractivity contribution in [3.63, 3.8) is 0 Å². The molecule has 16 heavy (non-hydrogen) atoms. The molecule has 4 heteroatoms. The van der Waals surface area contributed by atoms with Crippen molar-refractivity contribution >= 4 is 5.69 Å². The third-order valence-electron chi connectivity index (χ3n) is 2.38. The Balaban J connectivity index is 2.67. The highest BCUT2D eigenvalue weighted by Gasteiger charge is 2.05. The van der Waals surface area contributed by atoms with Gasteiger partial charge in [-0.1, -0.05) is 0 Å². The number of hydrogen-bond donors (Lipinski definition) is 1. The van der Waals surface area contributed by atoms with Crippen LogP contribution >= 0.6 is 0 Å². The summed E-state index contributed by atoms with van der Waals surface area (Å²) in [5.74, 6) is 1.45. The molecule has 0 fully saturated rings. The van der Waals surface area contributed by atoms with Crippen LogP contribution in [0, 0.1) is 0 Å². The Morgan fingerprint density at radius 1 is 1.12 bits per heavy atom. The highest BCUT2D eigenvalue weighted by atomic mass is 16.5. The fourth-order valence-electron chi connectivity index (χ4n) is 1.29. The van der Waals surface area contributed by atoms with Crippen LogP contribution < -0.4 is 14.8 Å². The molecule has 1 N–H and O–H groups in total. The maximum Gasteiger partial charge on any atom is 0.162 e. The Morgan fingerprint density at radius 2 is 1.81 bits per heavy atom. The fraction of sp³-hybridized carbons (Fsp3) is 0.500. The van der Waals surface area contributed by atoms with Crippen molar-refractivity contribution in [3.05, 3.63) is 18.2 Å². The zero-order chi connectivity index (χ0) is 12.0. The van der Waals surface area contributed by atoms with Gasteiger partial charge in [-0.25, -0.2) is 0 Å². The summed E-state index contributed by atoms with van der Waals surface area (Å²) in [5, 5.41) is 3.26. The molecule has 4 nitrogen and oxygen atoms in total. The molecular weight excluding hydrogens is 206 g/mol. The van der Waals surface area contributed by atoms with Crippen molar-refractivity contribution in [2.24, 2.45) is 0 Å². The molecule has 0 spiro atoms. The minimum absolute atomic E-state index is 0.174. The summed E-state index contributed by atoms with van der Waals surface area (Å²) in [6, 6.07) is 5.73. The lowest BCUT2D eigenvalue weighted by Crippen LogP contribution is -2.17. The van der Waals surface area contributed by atoms with E-state index in [-0.39, 0.29) is 6.10 Å². The molecule has 1 rings (SSSR count). The van der Waals surface area contributed by atoms with Crippen molar-refractivity contribution in [3.8, 4) is 11.5 Å². The maximum absolute atomic E-state index is 5.21. The van der Waals surface area contributed by atoms with Gasteiger partial charge in [-0.3, -0.25) is 0 Å². The number of ether oxygens (including phenoxy) is 3. The van der Waals surface area contributed by atoms with Gasteiger partial charge in [-0.05, 0) is 19.1 Å². The first kappa shape index (κ1) is 12.6. The summed E-state index contributed by atoms with van der Waals surface area (Å²) in [6.45, 7) is 2.76. The molecule has 1 aromatic carbocycles. The highest BCUT2D eigenvalue weighted by Crippen LogP contribution is 2.29. The first-order valence-electron chi connectivity index (χ1n) is 5.20. The zero-order valence-electron chi connectivity index (χ0n) is 10.2. The van der Waals surface area contributed by atoms with E-state index in [0.29, 0.717) is 0 Å². The molecular formula is C12H19NO3. The minimum atomic E-state index is 0.174. The lowest BCUT2D eigenvalue weighted by Gasteiger charge is -2.14. The third-order valence-corrected chi connectivity index (χ3v) is 2.38. The largest absolute Gasteiger partial charge is 0.493 e. The van der Waals surface area contributed by atoms with Crippen molar-refractivity contribution in [1.29, 1.82) is 0 Å². The molecule has 0 saturated heterocycles. The Hall–Kier alpha value is -1.42. The van der Waals surface area contributed by atoms with Crippen molar-refractivity contribution in [2.75, 3.05) is 33.2 Å². The average molecular weight is 225 g/mol. The highest BCUT2D eigenvalue weighted by molar-refractivity contribution is 5.54. The van der Waals surface area contributed by atoms with E-state index in [4.69, 9.17) is 14.2 Å². The van der Waals surface area contributed by atoms with E-state index in [1.807, 2.05) is 25.1 Å². The summed E-state index contributed by atoms with van der Waals surface area (Å²) in [7, 11) is 4.94. The SMILES string of the molecule is COc1ccc(NCC(C)OC)cc1OC. The number of hydrogen-bond acceptors (Lipinski definition) is 4. The van der Waals surface area contributed by atoms with E-state index >= 15 is 0 Å². The Bertz CT molecular complexity index is 328. The maximum atomic E-state index is 5.21. The molecule has 90 valence electrons. The standard InChI is InChI=1S/C12H19NO3/c1-9(14-2)8-13-10-5-6-11(15-3)12(7-10)16-4/h5-7,9,13H,8H2,1-4H3. The second kappa shape index (κ2) is 6.23. The van der Waals surface area contributed by atoms with Crippen LogP contribution in [0.15, 0.2) is 18.2 Å². The number of methoxy groups -OCH3 is 3. The van der Waals surface area contributed by atoms with Crippen LogP contribution in [0.2, 0.25) is 0 Å². The summed E-state index contributed by atoms with van der Waals surface area (Å²) in [5.41, 5.74) is 0.988. The molecule has 0 aromatic heterocycles. The van der Waals surface area contributed by atoms with E-state index in [9.17, 15) is 0 Å². The molecule has 1 aromatic rings. The van der Waals surface area contributed by atoms with E-state index in [1.54, 1.807) is 21.3 Å². The van der Waals surface area contributed by atoms with Crippen molar-refractivity contribution in [2.45, 2.75) is 13.0 Å². The van der Waals surface area contributed by atoms with Gasteiger partial charge < -0.3 is 19.5 Å². The van der Waals surface area contributed by atoms with Crippen LogP contribution in [0.5, 0.6) is 11.5 Å². The smallest absolute Gasteiger partial charge is 0.162 e. The molecule has 0 aliphatic rings. The second-order valence-corrected chi connectivity index (χ2v) is 3.50. The molecule has 1 unspecified atom stereocenters. The second-order valence-electron chi connectivity index (χ2n) is 3.50. The van der Waals surface area contributed by atoms with Gasteiger partial charge in [-0.2, -0.15) is 0 Å². The summed E-state index contributed by atoms with van der Waals surface area (Å²) in [4.78, 5) is 0. The normalized spacial score (nSPS) is 12.0. The van der Waals surface area contributed by atoms with Crippen molar-refractivity contribution < 1.29 is 14.2 Å². The summed E-state index contributed by atoms with van der Waals surface area (Å²) >= 11 is 0. The fourth-order valence-corrected chi connectivity index (χ4v) is 1.29. The van der Waals surface area contributed by atoms with Gasteiger partial charge >= 0.3 is 0 Å². The molecule has 1 atom stereocenters. The van der Waals surface area contributed by atoms with Gasteiger partial charge in [0.15, 0.2) is 11.5 Å². The molecule has 0 radical (unpaired) electrons. The summed E-state index contributed by atoms with van der Waals surface area (Å²) < 4.78 is 15.5. The lowest BCUT2D eigenvalue weighted by atomic mass is 10.2. The van der Waals surface area contributed by atoms with Crippen LogP contribution in [0.4, 0.5) is 5.69 Å². The lowest BCUT2D eigenvalue weighted by molar-refractivity contribution is 0.129. The van der Waals surface area contributed by atoms with Gasteiger partial charge in [0.2, 0.25) is 0 Å². The van der Waals surface area contributed by atoms with E-state index in [2.05, 4.69) is 5.32 Å². The quantitative estimate of drug-likeness (QED) is 0.805. The zero-order valence-corrected chi connectivity index (χ0v) is 10.2. The Morgan fingerprint density at radius 3 is 2.38 bits per heavy atom. The van der Waals surface area contributed by atoms with Crippen LogP contribution in [0.25, 0.3) is 0 Å². The van der Waals surface area contributed by atoms with Crippen LogP contribution in [0.1, 0.15) is 6.92 Å². The molecule has 0 aliphatic heterocycles. The van der Waals surface area contributed by atoms with Crippen molar-refractivity contribution in [1.82, 2.24) is 0 Å². The molecule has 0 saturated carbocycles. The first-order chi connectivity index (χ1) is 7.71. The van der Waals surface area contributed by atoms with Gasteiger partial charge in [-0.15, -0.1) is 0 Å². The Labute approximate surface area is 96.5 Å². The van der Waals surface area contributed by atoms with Gasteiger partial charge in [0, 0.05) is 25.4 Å². The third kappa shape index (κ3) is 3.31. The van der Waals surface area contributed by atoms with Gasteiger partial charge in [0.25, 0.3) is 0 Å². The monoisotopic (exact) mass is 225 g/mol. The number of rotatable bonds is 6. The first-order valence-corrected chi connectivity index (χ1v) is 5.20. The predicted molar refractivity (Wildman–Crippen MR) is 64.5 cm³/mol.